The number of hydrogen-bond donors (Lipinski definition) is 1. The molecule has 1 aliphatic rings. The van der Waals surface area contributed by atoms with Gasteiger partial charge in [-0.15, -0.1) is 0 Å². The summed E-state index contributed by atoms with van der Waals surface area (Å²) in [6, 6.07) is 6.53. The summed E-state index contributed by atoms with van der Waals surface area (Å²) in [6.07, 6.45) is 2.36. The van der Waals surface area contributed by atoms with Gasteiger partial charge < -0.3 is 10.6 Å². The van der Waals surface area contributed by atoms with Gasteiger partial charge in [-0.25, -0.2) is 4.98 Å². The molecule has 3 rings (SSSR count). The lowest BCUT2D eigenvalue weighted by Gasteiger charge is -2.34. The summed E-state index contributed by atoms with van der Waals surface area (Å²) in [4.78, 5) is 9.78. The summed E-state index contributed by atoms with van der Waals surface area (Å²) in [7, 11) is 0. The van der Waals surface area contributed by atoms with Gasteiger partial charge in [0.05, 0.1) is 10.2 Å². The SMILES string of the molecule is Cc1ccc2sc(N3CCN(CCCCN)CC3)nc2c1. The van der Waals surface area contributed by atoms with E-state index >= 15 is 0 Å². The molecule has 0 spiro atoms. The lowest BCUT2D eigenvalue weighted by atomic mass is 10.2. The van der Waals surface area contributed by atoms with Crippen molar-refractivity contribution in [3.05, 3.63) is 23.8 Å². The second kappa shape index (κ2) is 6.73. The number of nitrogens with two attached hydrogens (primary N) is 1. The number of nitrogens with zero attached hydrogens (tertiary/aromatic N) is 3. The Kier molecular flexibility index (Phi) is 4.73. The highest BCUT2D eigenvalue weighted by molar-refractivity contribution is 7.22. The number of rotatable bonds is 5. The number of hydrogen-bond acceptors (Lipinski definition) is 5. The molecule has 1 aromatic heterocycles. The highest BCUT2D eigenvalue weighted by atomic mass is 32.1. The third kappa shape index (κ3) is 3.54. The Hall–Kier alpha value is -1.17. The molecule has 114 valence electrons. The van der Waals surface area contributed by atoms with Crippen molar-refractivity contribution >= 4 is 26.7 Å². The first-order chi connectivity index (χ1) is 10.3. The fraction of sp³-hybridized carbons (Fsp3) is 0.562. The van der Waals surface area contributed by atoms with Crippen LogP contribution in [-0.2, 0) is 0 Å². The summed E-state index contributed by atoms with van der Waals surface area (Å²) >= 11 is 1.81. The number of unbranched alkanes of at least 4 members (excludes halogenated alkanes) is 1. The van der Waals surface area contributed by atoms with Gasteiger partial charge in [0.1, 0.15) is 0 Å². The van der Waals surface area contributed by atoms with Crippen LogP contribution in [0.15, 0.2) is 18.2 Å². The summed E-state index contributed by atoms with van der Waals surface area (Å²) < 4.78 is 1.29. The fourth-order valence-electron chi connectivity index (χ4n) is 2.80. The van der Waals surface area contributed by atoms with Gasteiger partial charge in [-0.1, -0.05) is 17.4 Å². The maximum atomic E-state index is 5.56. The van der Waals surface area contributed by atoms with E-state index < -0.39 is 0 Å². The van der Waals surface area contributed by atoms with Gasteiger partial charge >= 0.3 is 0 Å². The molecule has 0 bridgehead atoms. The molecule has 0 saturated carbocycles. The van der Waals surface area contributed by atoms with Gasteiger partial charge in [0.2, 0.25) is 0 Å². The van der Waals surface area contributed by atoms with Crippen molar-refractivity contribution < 1.29 is 0 Å². The maximum Gasteiger partial charge on any atom is 0.186 e. The van der Waals surface area contributed by atoms with Crippen LogP contribution in [0.5, 0.6) is 0 Å². The van der Waals surface area contributed by atoms with Gasteiger partial charge in [-0.2, -0.15) is 0 Å². The zero-order valence-corrected chi connectivity index (χ0v) is 13.5. The van der Waals surface area contributed by atoms with Crippen LogP contribution in [0.2, 0.25) is 0 Å². The molecular formula is C16H24N4S. The van der Waals surface area contributed by atoms with Crippen LogP contribution in [0.1, 0.15) is 18.4 Å². The van der Waals surface area contributed by atoms with Crippen molar-refractivity contribution in [1.82, 2.24) is 9.88 Å². The molecule has 0 unspecified atom stereocenters. The first-order valence-corrected chi connectivity index (χ1v) is 8.62. The normalized spacial score (nSPS) is 16.8. The van der Waals surface area contributed by atoms with E-state index in [1.54, 1.807) is 0 Å². The molecule has 5 heteroatoms. The van der Waals surface area contributed by atoms with E-state index in [0.717, 1.165) is 44.7 Å². The summed E-state index contributed by atoms with van der Waals surface area (Å²) in [5.74, 6) is 0. The van der Waals surface area contributed by atoms with Crippen molar-refractivity contribution in [2.24, 2.45) is 5.73 Å². The Morgan fingerprint density at radius 3 is 2.76 bits per heavy atom. The van der Waals surface area contributed by atoms with Crippen LogP contribution in [0.4, 0.5) is 5.13 Å². The molecule has 2 heterocycles. The number of aromatic nitrogens is 1. The second-order valence-electron chi connectivity index (χ2n) is 5.79. The molecule has 1 aliphatic heterocycles. The molecule has 2 aromatic rings. The molecule has 0 atom stereocenters. The van der Waals surface area contributed by atoms with Gasteiger partial charge in [0.15, 0.2) is 5.13 Å². The minimum absolute atomic E-state index is 0.811. The van der Waals surface area contributed by atoms with E-state index in [-0.39, 0.29) is 0 Å². The molecular weight excluding hydrogens is 280 g/mol. The smallest absolute Gasteiger partial charge is 0.186 e. The summed E-state index contributed by atoms with van der Waals surface area (Å²) in [6.45, 7) is 8.57. The molecule has 21 heavy (non-hydrogen) atoms. The number of piperazine rings is 1. The number of aryl methyl sites for hydroxylation is 1. The number of fused-ring (bicyclic) bond motifs is 1. The Bertz CT molecular complexity index is 587. The Labute approximate surface area is 130 Å². The third-order valence-corrected chi connectivity index (χ3v) is 5.20. The number of thiazole rings is 1. The molecule has 4 nitrogen and oxygen atoms in total. The number of anilines is 1. The van der Waals surface area contributed by atoms with Crippen LogP contribution >= 0.6 is 11.3 Å². The zero-order valence-electron chi connectivity index (χ0n) is 12.7. The average molecular weight is 304 g/mol. The second-order valence-corrected chi connectivity index (χ2v) is 6.80. The Morgan fingerprint density at radius 1 is 1.19 bits per heavy atom. The van der Waals surface area contributed by atoms with E-state index in [4.69, 9.17) is 10.7 Å². The highest BCUT2D eigenvalue weighted by Crippen LogP contribution is 2.29. The largest absolute Gasteiger partial charge is 0.345 e. The summed E-state index contributed by atoms with van der Waals surface area (Å²) in [5, 5.41) is 1.18. The molecule has 0 aliphatic carbocycles. The predicted octanol–water partition coefficient (Wildman–Crippen LogP) is 2.47. The van der Waals surface area contributed by atoms with Gasteiger partial charge in [-0.05, 0) is 50.6 Å². The van der Waals surface area contributed by atoms with E-state index in [9.17, 15) is 0 Å². The molecule has 2 N–H and O–H groups in total. The van der Waals surface area contributed by atoms with Crippen LogP contribution in [-0.4, -0.2) is 49.2 Å². The topological polar surface area (TPSA) is 45.4 Å². The first kappa shape index (κ1) is 14.8. The quantitative estimate of drug-likeness (QED) is 0.862. The van der Waals surface area contributed by atoms with E-state index in [0.29, 0.717) is 0 Å². The number of benzene rings is 1. The molecule has 1 aromatic carbocycles. The molecule has 1 fully saturated rings. The van der Waals surface area contributed by atoms with E-state index in [1.165, 1.54) is 28.4 Å². The van der Waals surface area contributed by atoms with Crippen molar-refractivity contribution in [3.8, 4) is 0 Å². The van der Waals surface area contributed by atoms with E-state index in [2.05, 4.69) is 34.9 Å². The van der Waals surface area contributed by atoms with E-state index in [1.807, 2.05) is 11.3 Å². The lowest BCUT2D eigenvalue weighted by molar-refractivity contribution is 0.253. The van der Waals surface area contributed by atoms with Crippen LogP contribution in [0.3, 0.4) is 0 Å². The van der Waals surface area contributed by atoms with Gasteiger partial charge in [-0.3, -0.25) is 4.90 Å². The summed E-state index contributed by atoms with van der Waals surface area (Å²) in [5.41, 5.74) is 7.98. The predicted molar refractivity (Wildman–Crippen MR) is 91.3 cm³/mol. The van der Waals surface area contributed by atoms with Crippen LogP contribution in [0.25, 0.3) is 10.2 Å². The average Bonchev–Trinajstić information content (AvgIpc) is 2.91. The van der Waals surface area contributed by atoms with Gasteiger partial charge in [0, 0.05) is 26.2 Å². The third-order valence-electron chi connectivity index (χ3n) is 4.10. The van der Waals surface area contributed by atoms with Crippen molar-refractivity contribution in [2.45, 2.75) is 19.8 Å². The standard InChI is InChI=1S/C16H24N4S/c1-13-4-5-15-14(12-13)18-16(21-15)20-10-8-19(9-11-20)7-3-2-6-17/h4-5,12H,2-3,6-11,17H2,1H3. The Morgan fingerprint density at radius 2 is 2.00 bits per heavy atom. The maximum absolute atomic E-state index is 5.56. The Balaban J connectivity index is 1.60. The van der Waals surface area contributed by atoms with Crippen molar-refractivity contribution in [1.29, 1.82) is 0 Å². The van der Waals surface area contributed by atoms with Gasteiger partial charge in [0.25, 0.3) is 0 Å². The van der Waals surface area contributed by atoms with Crippen LogP contribution in [0, 0.1) is 6.92 Å². The van der Waals surface area contributed by atoms with Crippen LogP contribution < -0.4 is 10.6 Å². The first-order valence-electron chi connectivity index (χ1n) is 7.81. The fourth-order valence-corrected chi connectivity index (χ4v) is 3.80. The monoisotopic (exact) mass is 304 g/mol. The molecule has 0 radical (unpaired) electrons. The highest BCUT2D eigenvalue weighted by Gasteiger charge is 2.19. The minimum atomic E-state index is 0.811. The van der Waals surface area contributed by atoms with Crippen molar-refractivity contribution in [2.75, 3.05) is 44.2 Å². The minimum Gasteiger partial charge on any atom is -0.345 e. The lowest BCUT2D eigenvalue weighted by Crippen LogP contribution is -2.46. The zero-order chi connectivity index (χ0) is 14.7. The molecule has 1 saturated heterocycles. The molecule has 0 amide bonds. The van der Waals surface area contributed by atoms with Crippen molar-refractivity contribution in [3.63, 3.8) is 0 Å².